The van der Waals surface area contributed by atoms with Crippen molar-refractivity contribution in [1.29, 1.82) is 0 Å². The second kappa shape index (κ2) is 33.7. The van der Waals surface area contributed by atoms with Crippen LogP contribution in [0.1, 0.15) is 19.3 Å². The molecule has 0 aliphatic carbocycles. The van der Waals surface area contributed by atoms with Crippen LogP contribution in [0, 0.1) is 0 Å². The Morgan fingerprint density at radius 1 is 0.274 bits per heavy atom. The average molecular weight is 885 g/mol. The highest BCUT2D eigenvalue weighted by molar-refractivity contribution is 4.72. The maximum atomic E-state index is 5.78. The molecule has 0 radical (unpaired) electrons. The van der Waals surface area contributed by atoms with Crippen LogP contribution in [0.4, 0.5) is 0 Å². The third-order valence-corrected chi connectivity index (χ3v) is 13.2. The monoisotopic (exact) mass is 885 g/mol. The van der Waals surface area contributed by atoms with Crippen LogP contribution in [0.25, 0.3) is 0 Å². The van der Waals surface area contributed by atoms with Crippen LogP contribution < -0.4 is 0 Å². The number of morpholine rings is 5. The van der Waals surface area contributed by atoms with Gasteiger partial charge in [0.1, 0.15) is 0 Å². The highest BCUT2D eigenvalue weighted by Crippen LogP contribution is 2.10. The molecule has 8 aliphatic rings. The number of likely N-dealkylation sites (N-methyl/N-ethyl adjacent to an activating group) is 2. The molecule has 62 heavy (non-hydrogen) atoms. The molecule has 0 N–H and O–H groups in total. The Morgan fingerprint density at radius 3 is 0.806 bits per heavy atom. The Hall–Kier alpha value is -0.680. The van der Waals surface area contributed by atoms with Crippen molar-refractivity contribution in [1.82, 2.24) is 49.0 Å². The van der Waals surface area contributed by atoms with Gasteiger partial charge in [-0.15, -0.1) is 0 Å². The van der Waals surface area contributed by atoms with Crippen LogP contribution >= 0.6 is 0 Å². The molecule has 8 rings (SSSR count). The van der Waals surface area contributed by atoms with Crippen LogP contribution in [-0.2, 0) is 33.2 Å². The minimum atomic E-state index is 0.838. The highest BCUT2D eigenvalue weighted by atomic mass is 16.5. The van der Waals surface area contributed by atoms with E-state index in [-0.39, 0.29) is 0 Å². The number of piperazine rings is 2. The van der Waals surface area contributed by atoms with Crippen molar-refractivity contribution in [3.63, 3.8) is 0 Å². The van der Waals surface area contributed by atoms with Crippen molar-refractivity contribution >= 4 is 0 Å². The lowest BCUT2D eigenvalue weighted by Crippen LogP contribution is -2.47. The van der Waals surface area contributed by atoms with Gasteiger partial charge in [-0.05, 0) is 40.0 Å². The first kappa shape index (κ1) is 52.3. The summed E-state index contributed by atoms with van der Waals surface area (Å²) >= 11 is 0. The van der Waals surface area contributed by atoms with Crippen molar-refractivity contribution < 1.29 is 33.2 Å². The van der Waals surface area contributed by atoms with Gasteiger partial charge in [-0.3, -0.25) is 39.2 Å². The van der Waals surface area contributed by atoms with Crippen molar-refractivity contribution in [2.75, 3.05) is 277 Å². The van der Waals surface area contributed by atoms with E-state index in [9.17, 15) is 0 Å². The summed E-state index contributed by atoms with van der Waals surface area (Å²) < 4.78 is 38.0. The molecule has 8 aliphatic heterocycles. The Balaban J connectivity index is 0.000000158. The van der Waals surface area contributed by atoms with Gasteiger partial charge in [-0.1, -0.05) is 6.42 Å². The first-order chi connectivity index (χ1) is 30.6. The van der Waals surface area contributed by atoms with Crippen molar-refractivity contribution in [2.24, 2.45) is 0 Å². The van der Waals surface area contributed by atoms with Gasteiger partial charge in [0.05, 0.1) is 106 Å². The molecule has 0 aromatic rings. The van der Waals surface area contributed by atoms with Crippen molar-refractivity contribution in [3.05, 3.63) is 0 Å². The van der Waals surface area contributed by atoms with Gasteiger partial charge in [-0.25, -0.2) is 0 Å². The molecule has 0 unspecified atom stereocenters. The molecule has 8 heterocycles. The molecular formula is C45H92N10O7. The normalized spacial score (nSPS) is 25.8. The predicted molar refractivity (Wildman–Crippen MR) is 246 cm³/mol. The largest absolute Gasteiger partial charge is 0.379 e. The van der Waals surface area contributed by atoms with Gasteiger partial charge in [0.2, 0.25) is 0 Å². The Kier molecular flexibility index (Phi) is 28.5. The van der Waals surface area contributed by atoms with E-state index in [2.05, 4.69) is 63.1 Å². The number of piperidine rings is 1. The second-order valence-electron chi connectivity index (χ2n) is 18.1. The smallest absolute Gasteiger partial charge is 0.0594 e. The van der Waals surface area contributed by atoms with Crippen LogP contribution in [0.2, 0.25) is 0 Å². The summed E-state index contributed by atoms with van der Waals surface area (Å²) in [5.41, 5.74) is 0. The number of hydrogen-bond acceptors (Lipinski definition) is 17. The first-order valence-electron chi connectivity index (χ1n) is 24.8. The Morgan fingerprint density at radius 2 is 0.516 bits per heavy atom. The quantitative estimate of drug-likeness (QED) is 0.187. The van der Waals surface area contributed by atoms with Crippen LogP contribution in [0.15, 0.2) is 0 Å². The molecular weight excluding hydrogens is 793 g/mol. The molecule has 0 bridgehead atoms. The summed E-state index contributed by atoms with van der Waals surface area (Å²) in [6.45, 7) is 41.8. The zero-order valence-electron chi connectivity index (χ0n) is 39.7. The predicted octanol–water partition coefficient (Wildman–Crippen LogP) is -0.465. The average Bonchev–Trinajstić information content (AvgIpc) is 3.33. The van der Waals surface area contributed by atoms with E-state index in [0.717, 1.165) is 191 Å². The molecule has 0 spiro atoms. The molecule has 0 aromatic heterocycles. The zero-order valence-corrected chi connectivity index (χ0v) is 39.7. The van der Waals surface area contributed by atoms with E-state index in [1.54, 1.807) is 0 Å². The SMILES string of the molecule is C1CCN(CN2CCOCC2)CC1.C1CN(CCOCCN2CCOCC2)CCO1.C1CN(CN2CCOCC2)CCO1.CN1CCN(CCOCCN2CCN(C)CC2)CC1. The minimum Gasteiger partial charge on any atom is -0.379 e. The fourth-order valence-electron chi connectivity index (χ4n) is 8.67. The standard InChI is InChI=1S/C14H30N4O.C12H24N2O3.C10H20N2O.C9H18N2O2/c1-15-3-7-17(8-4-15)11-13-19-14-12-18-9-5-16(2)6-10-18;1-7-15-8-2-13(1)5-11-17-12-6-14-3-9-16-10-4-14;1-2-4-11(5-3-1)10-12-6-8-13-9-7-12;1-5-12-6-2-10(1)9-11-3-7-13-8-4-11/h3-14H2,1-2H3;1-12H2;1-10H2;1-9H2. The molecule has 17 heteroatoms. The third-order valence-electron chi connectivity index (χ3n) is 13.2. The lowest BCUT2D eigenvalue weighted by atomic mass is 10.1. The Bertz CT molecular complexity index is 919. The molecule has 0 atom stereocenters. The number of nitrogens with zero attached hydrogens (tertiary/aromatic N) is 10. The lowest BCUT2D eigenvalue weighted by molar-refractivity contribution is -0.0229. The van der Waals surface area contributed by atoms with Crippen LogP contribution in [0.5, 0.6) is 0 Å². The molecule has 8 fully saturated rings. The van der Waals surface area contributed by atoms with Gasteiger partial charge < -0.3 is 43.0 Å². The number of hydrogen-bond donors (Lipinski definition) is 0. The number of rotatable bonds is 16. The highest BCUT2D eigenvalue weighted by Gasteiger charge is 2.19. The summed E-state index contributed by atoms with van der Waals surface area (Å²) in [6, 6.07) is 0. The van der Waals surface area contributed by atoms with E-state index >= 15 is 0 Å². The zero-order chi connectivity index (χ0) is 43.1. The second-order valence-corrected chi connectivity index (χ2v) is 18.1. The van der Waals surface area contributed by atoms with Crippen LogP contribution in [-0.4, -0.2) is 326 Å². The van der Waals surface area contributed by atoms with Gasteiger partial charge in [0, 0.05) is 144 Å². The van der Waals surface area contributed by atoms with Gasteiger partial charge in [0.15, 0.2) is 0 Å². The maximum absolute atomic E-state index is 5.78. The maximum Gasteiger partial charge on any atom is 0.0594 e. The van der Waals surface area contributed by atoms with E-state index in [1.165, 1.54) is 91.4 Å². The summed E-state index contributed by atoms with van der Waals surface area (Å²) in [7, 11) is 4.40. The third kappa shape index (κ3) is 24.2. The van der Waals surface area contributed by atoms with Gasteiger partial charge in [-0.2, -0.15) is 0 Å². The van der Waals surface area contributed by atoms with Gasteiger partial charge in [0.25, 0.3) is 0 Å². The minimum absolute atomic E-state index is 0.838. The molecule has 0 amide bonds. The van der Waals surface area contributed by atoms with E-state index in [0.29, 0.717) is 0 Å². The fourth-order valence-corrected chi connectivity index (χ4v) is 8.67. The molecule has 17 nitrogen and oxygen atoms in total. The van der Waals surface area contributed by atoms with E-state index in [4.69, 9.17) is 33.2 Å². The first-order valence-corrected chi connectivity index (χ1v) is 24.8. The fraction of sp³-hybridized carbons (Fsp3) is 1.00. The van der Waals surface area contributed by atoms with Crippen LogP contribution in [0.3, 0.4) is 0 Å². The summed E-state index contributed by atoms with van der Waals surface area (Å²) in [4.78, 5) is 24.6. The van der Waals surface area contributed by atoms with Crippen molar-refractivity contribution in [3.8, 4) is 0 Å². The Labute approximate surface area is 377 Å². The summed E-state index contributed by atoms with van der Waals surface area (Å²) in [5.74, 6) is 0. The summed E-state index contributed by atoms with van der Waals surface area (Å²) in [6.07, 6.45) is 4.22. The van der Waals surface area contributed by atoms with E-state index in [1.807, 2.05) is 0 Å². The van der Waals surface area contributed by atoms with E-state index < -0.39 is 0 Å². The lowest BCUT2D eigenvalue weighted by Gasteiger charge is -2.34. The molecule has 0 saturated carbocycles. The number of ether oxygens (including phenoxy) is 7. The summed E-state index contributed by atoms with van der Waals surface area (Å²) in [5, 5.41) is 0. The number of likely N-dealkylation sites (tertiary alicyclic amines) is 1. The van der Waals surface area contributed by atoms with Gasteiger partial charge >= 0.3 is 0 Å². The molecule has 364 valence electrons. The molecule has 0 aromatic carbocycles. The topological polar surface area (TPSA) is 97.0 Å². The van der Waals surface area contributed by atoms with Crippen molar-refractivity contribution in [2.45, 2.75) is 19.3 Å². The molecule has 8 saturated heterocycles.